The van der Waals surface area contributed by atoms with Crippen LogP contribution >= 0.6 is 0 Å². The normalized spacial score (nSPS) is 10.4. The van der Waals surface area contributed by atoms with E-state index in [9.17, 15) is 9.59 Å². The van der Waals surface area contributed by atoms with Gasteiger partial charge >= 0.3 is 0 Å². The van der Waals surface area contributed by atoms with Crippen molar-refractivity contribution in [2.45, 2.75) is 6.54 Å². The van der Waals surface area contributed by atoms with Crippen molar-refractivity contribution in [2.75, 3.05) is 17.7 Å². The molecule has 3 aromatic carbocycles. The van der Waals surface area contributed by atoms with Gasteiger partial charge in [0.25, 0.3) is 11.8 Å². The summed E-state index contributed by atoms with van der Waals surface area (Å²) in [5, 5.41) is 5.69. The van der Waals surface area contributed by atoms with E-state index >= 15 is 0 Å². The van der Waals surface area contributed by atoms with Gasteiger partial charge in [0.05, 0.1) is 19.0 Å². The van der Waals surface area contributed by atoms with Crippen LogP contribution in [0, 0.1) is 0 Å². The van der Waals surface area contributed by atoms with Crippen LogP contribution < -0.4 is 15.4 Å². The second kappa shape index (κ2) is 9.61. The monoisotopic (exact) mass is 426 g/mol. The summed E-state index contributed by atoms with van der Waals surface area (Å²) in [4.78, 5) is 29.1. The average molecular weight is 426 g/mol. The molecular weight excluding hydrogens is 404 g/mol. The molecule has 0 spiro atoms. The predicted octanol–water partition coefficient (Wildman–Crippen LogP) is 4.44. The Morgan fingerprint density at radius 2 is 1.50 bits per heavy atom. The van der Waals surface area contributed by atoms with E-state index in [-0.39, 0.29) is 11.8 Å². The lowest BCUT2D eigenvalue weighted by atomic mass is 10.1. The predicted molar refractivity (Wildman–Crippen MR) is 123 cm³/mol. The molecule has 0 fully saturated rings. The van der Waals surface area contributed by atoms with Crippen LogP contribution in [0.1, 0.15) is 26.4 Å². The van der Waals surface area contributed by atoms with Gasteiger partial charge in [0, 0.05) is 24.1 Å². The molecule has 0 radical (unpaired) electrons. The molecule has 0 aliphatic carbocycles. The summed E-state index contributed by atoms with van der Waals surface area (Å²) in [7, 11) is 1.54. The highest BCUT2D eigenvalue weighted by molar-refractivity contribution is 6.06. The Morgan fingerprint density at radius 3 is 2.25 bits per heavy atom. The fraction of sp³-hybridized carbons (Fsp3) is 0.0800. The van der Waals surface area contributed by atoms with Crippen LogP contribution in [-0.4, -0.2) is 28.5 Å². The van der Waals surface area contributed by atoms with Gasteiger partial charge < -0.3 is 19.9 Å². The Labute approximate surface area is 185 Å². The highest BCUT2D eigenvalue weighted by Crippen LogP contribution is 2.19. The largest absolute Gasteiger partial charge is 0.496 e. The van der Waals surface area contributed by atoms with E-state index in [0.717, 1.165) is 11.3 Å². The molecule has 0 aliphatic rings. The van der Waals surface area contributed by atoms with E-state index in [2.05, 4.69) is 15.6 Å². The highest BCUT2D eigenvalue weighted by atomic mass is 16.5. The first kappa shape index (κ1) is 20.9. The van der Waals surface area contributed by atoms with Gasteiger partial charge in [0.2, 0.25) is 0 Å². The zero-order chi connectivity index (χ0) is 22.3. The van der Waals surface area contributed by atoms with Crippen LogP contribution in [0.2, 0.25) is 0 Å². The molecule has 0 aliphatic heterocycles. The van der Waals surface area contributed by atoms with Crippen molar-refractivity contribution in [3.8, 4) is 5.75 Å². The van der Waals surface area contributed by atoms with Crippen molar-refractivity contribution in [3.63, 3.8) is 0 Å². The van der Waals surface area contributed by atoms with E-state index in [1.165, 1.54) is 7.11 Å². The van der Waals surface area contributed by atoms with Gasteiger partial charge in [-0.3, -0.25) is 9.59 Å². The fourth-order valence-corrected chi connectivity index (χ4v) is 3.22. The maximum atomic E-state index is 12.5. The summed E-state index contributed by atoms with van der Waals surface area (Å²) in [5.74, 6) is 0.0251. The van der Waals surface area contributed by atoms with Crippen molar-refractivity contribution in [3.05, 3.63) is 108 Å². The molecule has 1 aromatic heterocycles. The van der Waals surface area contributed by atoms with E-state index in [4.69, 9.17) is 4.74 Å². The van der Waals surface area contributed by atoms with Gasteiger partial charge in [0.1, 0.15) is 11.4 Å². The summed E-state index contributed by atoms with van der Waals surface area (Å²) in [6.45, 7) is 0.548. The number of hydrogen-bond donors (Lipinski definition) is 2. The molecule has 0 bridgehead atoms. The lowest BCUT2D eigenvalue weighted by Crippen LogP contribution is -2.13. The number of carbonyl (C=O) groups excluding carboxylic acids is 2. The van der Waals surface area contributed by atoms with Crippen molar-refractivity contribution < 1.29 is 14.3 Å². The second-order valence-electron chi connectivity index (χ2n) is 7.10. The minimum atomic E-state index is -0.260. The number of anilines is 2. The van der Waals surface area contributed by atoms with Crippen molar-refractivity contribution >= 4 is 23.2 Å². The molecule has 0 saturated heterocycles. The number of imidazole rings is 1. The topological polar surface area (TPSA) is 85.2 Å². The first-order chi connectivity index (χ1) is 15.6. The number of para-hydroxylation sites is 2. The smallest absolute Gasteiger partial charge is 0.275 e. The molecule has 4 rings (SSSR count). The number of benzene rings is 3. The summed E-state index contributed by atoms with van der Waals surface area (Å²) in [5.41, 5.74) is 3.22. The average Bonchev–Trinajstić information content (AvgIpc) is 3.29. The van der Waals surface area contributed by atoms with Crippen LogP contribution in [0.5, 0.6) is 5.75 Å². The number of rotatable bonds is 7. The summed E-state index contributed by atoms with van der Waals surface area (Å²) in [6.07, 6.45) is 3.33. The lowest BCUT2D eigenvalue weighted by molar-refractivity contribution is 0.101. The van der Waals surface area contributed by atoms with Gasteiger partial charge in [-0.25, -0.2) is 4.98 Å². The molecule has 2 N–H and O–H groups in total. The summed E-state index contributed by atoms with van der Waals surface area (Å²) < 4.78 is 7.08. The van der Waals surface area contributed by atoms with Crippen molar-refractivity contribution in [2.24, 2.45) is 0 Å². The van der Waals surface area contributed by atoms with E-state index in [0.29, 0.717) is 29.2 Å². The molecule has 2 amide bonds. The Hall–Kier alpha value is -4.39. The Kier molecular flexibility index (Phi) is 6.27. The number of amides is 2. The van der Waals surface area contributed by atoms with Crippen LogP contribution in [0.4, 0.5) is 11.4 Å². The molecule has 32 heavy (non-hydrogen) atoms. The number of aromatic nitrogens is 2. The Morgan fingerprint density at radius 1 is 0.844 bits per heavy atom. The first-order valence-electron chi connectivity index (χ1n) is 10.0. The van der Waals surface area contributed by atoms with Crippen LogP contribution in [0.3, 0.4) is 0 Å². The van der Waals surface area contributed by atoms with E-state index in [1.807, 2.05) is 65.2 Å². The van der Waals surface area contributed by atoms with E-state index in [1.54, 1.807) is 30.7 Å². The molecule has 0 atom stereocenters. The van der Waals surface area contributed by atoms with Gasteiger partial charge in [-0.05, 0) is 42.0 Å². The highest BCUT2D eigenvalue weighted by Gasteiger charge is 2.12. The number of methoxy groups -OCH3 is 1. The van der Waals surface area contributed by atoms with Gasteiger partial charge in [-0.1, -0.05) is 42.5 Å². The maximum Gasteiger partial charge on any atom is 0.275 e. The number of hydrogen-bond acceptors (Lipinski definition) is 4. The molecule has 0 unspecified atom stereocenters. The van der Waals surface area contributed by atoms with Crippen LogP contribution in [0.25, 0.3) is 0 Å². The second-order valence-corrected chi connectivity index (χ2v) is 7.10. The molecule has 4 aromatic rings. The number of ether oxygens (including phenoxy) is 1. The number of carbonyl (C=O) groups is 2. The number of nitrogens with one attached hydrogen (secondary N) is 2. The molecule has 1 heterocycles. The van der Waals surface area contributed by atoms with Gasteiger partial charge in [-0.2, -0.15) is 0 Å². The van der Waals surface area contributed by atoms with E-state index < -0.39 is 0 Å². The van der Waals surface area contributed by atoms with Crippen molar-refractivity contribution in [1.82, 2.24) is 9.55 Å². The van der Waals surface area contributed by atoms with Crippen molar-refractivity contribution in [1.29, 1.82) is 0 Å². The zero-order valence-electron chi connectivity index (χ0n) is 17.5. The minimum absolute atomic E-state index is 0.237. The quantitative estimate of drug-likeness (QED) is 0.457. The maximum absolute atomic E-state index is 12.5. The van der Waals surface area contributed by atoms with Gasteiger partial charge in [0.15, 0.2) is 0 Å². The Bertz CT molecular complexity index is 1220. The van der Waals surface area contributed by atoms with Crippen LogP contribution in [0.15, 0.2) is 91.4 Å². The molecule has 0 saturated carbocycles. The standard InChI is InChI=1S/C25H22N4O3/c1-32-23-10-6-5-9-21(23)24(30)27-20-13-11-18(12-14-20)15-29-16-22(26-17-29)25(31)28-19-7-3-2-4-8-19/h2-14,16-17H,15H2,1H3,(H,27,30)(H,28,31). The number of nitrogens with zero attached hydrogens (tertiary/aromatic N) is 2. The Balaban J connectivity index is 1.37. The summed E-state index contributed by atoms with van der Waals surface area (Å²) in [6, 6.07) is 23.8. The lowest BCUT2D eigenvalue weighted by Gasteiger charge is -2.10. The zero-order valence-corrected chi connectivity index (χ0v) is 17.5. The third-order valence-corrected chi connectivity index (χ3v) is 4.83. The van der Waals surface area contributed by atoms with Gasteiger partial charge in [-0.15, -0.1) is 0 Å². The first-order valence-corrected chi connectivity index (χ1v) is 10.0. The molecular formula is C25H22N4O3. The third-order valence-electron chi connectivity index (χ3n) is 4.83. The van der Waals surface area contributed by atoms with Crippen LogP contribution in [-0.2, 0) is 6.54 Å². The third kappa shape index (κ3) is 5.02. The minimum Gasteiger partial charge on any atom is -0.496 e. The fourth-order valence-electron chi connectivity index (χ4n) is 3.22. The summed E-state index contributed by atoms with van der Waals surface area (Å²) >= 11 is 0. The molecule has 160 valence electrons. The SMILES string of the molecule is COc1ccccc1C(=O)Nc1ccc(Cn2cnc(C(=O)Nc3ccccc3)c2)cc1. The molecule has 7 heteroatoms. The molecule has 7 nitrogen and oxygen atoms in total.